The second kappa shape index (κ2) is 29.2. The first-order chi connectivity index (χ1) is 23.0. The molecule has 5 N–H and O–H groups in total. The van der Waals surface area contributed by atoms with Crippen LogP contribution >= 0.6 is 0 Å². The van der Waals surface area contributed by atoms with Crippen LogP contribution in [0, 0.1) is 5.92 Å². The maximum atomic E-state index is 11.4. The molecule has 13 heteroatoms. The number of aliphatic hydroxyl groups excluding tert-OH is 2. The van der Waals surface area contributed by atoms with Crippen LogP contribution in [-0.2, 0) is 44.8 Å². The molecule has 0 aromatic heterocycles. The first kappa shape index (κ1) is 45.2. The van der Waals surface area contributed by atoms with E-state index in [-0.39, 0.29) is 44.6 Å². The van der Waals surface area contributed by atoms with Crippen molar-refractivity contribution in [1.29, 1.82) is 0 Å². The summed E-state index contributed by atoms with van der Waals surface area (Å²) in [6, 6.07) is 15.4. The quantitative estimate of drug-likeness (QED) is 0.131. The number of hydrogen-bond acceptors (Lipinski definition) is 8. The van der Waals surface area contributed by atoms with Crippen molar-refractivity contribution in [2.45, 2.75) is 84.5 Å². The molecule has 12 nitrogen and oxygen atoms in total. The molecule has 269 valence electrons. The third-order valence-electron chi connectivity index (χ3n) is 6.63. The van der Waals surface area contributed by atoms with Gasteiger partial charge in [-0.3, -0.25) is 0 Å². The number of carbonyl (C=O) groups is 2. The Hall–Kier alpha value is -2.77. The summed E-state index contributed by atoms with van der Waals surface area (Å²) in [7, 11) is 0. The van der Waals surface area contributed by atoms with Gasteiger partial charge in [-0.25, -0.2) is 0 Å². The topological polar surface area (TPSA) is 198 Å². The van der Waals surface area contributed by atoms with E-state index in [0.29, 0.717) is 56.5 Å². The van der Waals surface area contributed by atoms with Crippen molar-refractivity contribution < 1.29 is 51.6 Å². The number of ether oxygens (including phenoxy) is 2. The molecule has 2 aromatic rings. The van der Waals surface area contributed by atoms with Gasteiger partial charge in [0.2, 0.25) is 0 Å². The third-order valence-corrected chi connectivity index (χ3v) is 6.63. The third kappa shape index (κ3) is 25.3. The molecule has 0 heterocycles. The summed E-state index contributed by atoms with van der Waals surface area (Å²) < 4.78 is 19.3. The van der Waals surface area contributed by atoms with E-state index in [1.807, 2.05) is 62.4 Å². The van der Waals surface area contributed by atoms with Crippen molar-refractivity contribution >= 4 is 11.8 Å². The van der Waals surface area contributed by atoms with Gasteiger partial charge in [0.05, 0.1) is 17.9 Å². The van der Waals surface area contributed by atoms with E-state index in [9.17, 15) is 19.8 Å². The van der Waals surface area contributed by atoms with Crippen LogP contribution in [0.4, 0.5) is 0 Å². The Morgan fingerprint density at radius 1 is 0.729 bits per heavy atom. The average Bonchev–Trinajstić information content (AvgIpc) is 3.09. The number of benzene rings is 2. The van der Waals surface area contributed by atoms with E-state index >= 15 is 0 Å². The van der Waals surface area contributed by atoms with Gasteiger partial charge in [-0.15, -0.1) is 13.1 Å². The van der Waals surface area contributed by atoms with Crippen molar-refractivity contribution in [1.82, 2.24) is 5.32 Å². The Bertz CT molecular complexity index is 1010. The van der Waals surface area contributed by atoms with Crippen LogP contribution in [0.15, 0.2) is 48.5 Å². The number of nitrogens with zero attached hydrogens (tertiary/aromatic N) is 2. The first-order valence-corrected chi connectivity index (χ1v) is 17.2. The zero-order chi connectivity index (χ0) is 36.2. The summed E-state index contributed by atoms with van der Waals surface area (Å²) in [5.41, 5.74) is 16.0. The Morgan fingerprint density at radius 3 is 1.52 bits per heavy atom. The number of nitrogens with one attached hydrogen (secondary N) is 3. The second-order valence-electron chi connectivity index (χ2n) is 11.8. The summed E-state index contributed by atoms with van der Waals surface area (Å²) in [4.78, 5) is 22.8. The zero-order valence-electron chi connectivity index (χ0n) is 28.8. The molecule has 0 aliphatic rings. The molecule has 0 saturated carbocycles. The second-order valence-corrected chi connectivity index (χ2v) is 11.8. The van der Waals surface area contributed by atoms with Crippen LogP contribution in [-0.4, -0.2) is 86.2 Å². The summed E-state index contributed by atoms with van der Waals surface area (Å²) >= 11 is 0.900. The van der Waals surface area contributed by atoms with Crippen LogP contribution in [0.5, 0.6) is 11.5 Å². The van der Waals surface area contributed by atoms with E-state index in [4.69, 9.17) is 24.4 Å². The summed E-state index contributed by atoms with van der Waals surface area (Å²) in [6.45, 7) is 10.2. The zero-order valence-corrected chi connectivity index (χ0v) is 30.7. The van der Waals surface area contributed by atoms with Crippen molar-refractivity contribution in [2.24, 2.45) is 5.92 Å². The SMILES string of the molecule is CC(C)CCC(O)COc1ccc(CCC(=O)[N-]CC[NH-])cc1.CC(C)NCC(O)COc1ccc(CCC(=O)[N-]CC[NH-])cc1.[O]=[Tc+4]. The standard InChI is InChI=1S/C18H29N2O3.C17H28N3O3.O.Tc/c1-14(2)3-7-16(21)13-23-17-8-4-15(5-9-17)6-10-18(22)20-12-11-19;1-13(2)20-11-15(21)12-23-16-6-3-14(4-7-16)5-8-17(22)19-10-9-18;;/h4-5,8-9,14,16,19,21H,3,6-7,10-13H2,1-2H3,(H,20,22);3-4,6-7,13,15,18,20-21H,5,8-12H2,1-2H3,(H,19,22);;/q2*-1;;+4/p-2. The minimum atomic E-state index is -0.548. The molecule has 0 fully saturated rings. The minimum absolute atomic E-state index is 0.147. The van der Waals surface area contributed by atoms with Crippen LogP contribution in [0.2, 0.25) is 0 Å². The van der Waals surface area contributed by atoms with Crippen LogP contribution in [0.3, 0.4) is 0 Å². The molecular formula is C35H55N5O7Tc. The summed E-state index contributed by atoms with van der Waals surface area (Å²) in [5, 5.41) is 30.3. The molecule has 0 radical (unpaired) electrons. The van der Waals surface area contributed by atoms with Gasteiger partial charge in [0, 0.05) is 12.6 Å². The molecule has 0 spiro atoms. The Kier molecular flexibility index (Phi) is 27.5. The van der Waals surface area contributed by atoms with E-state index < -0.39 is 12.2 Å². The van der Waals surface area contributed by atoms with Crippen LogP contribution < -0.4 is 14.8 Å². The van der Waals surface area contributed by atoms with Gasteiger partial charge in [0.25, 0.3) is 0 Å². The molecule has 0 bridgehead atoms. The fourth-order valence-corrected chi connectivity index (χ4v) is 3.95. The van der Waals surface area contributed by atoms with Crippen LogP contribution in [0.25, 0.3) is 22.1 Å². The van der Waals surface area contributed by atoms with E-state index in [1.54, 1.807) is 0 Å². The van der Waals surface area contributed by atoms with Crippen molar-refractivity contribution in [3.63, 3.8) is 0 Å². The maximum absolute atomic E-state index is 11.4. The molecule has 2 atom stereocenters. The fraction of sp³-hybridized carbons (Fsp3) is 0.600. The predicted molar refractivity (Wildman–Crippen MR) is 185 cm³/mol. The number of hydrogen-bond donors (Lipinski definition) is 3. The van der Waals surface area contributed by atoms with Crippen molar-refractivity contribution in [3.8, 4) is 11.5 Å². The van der Waals surface area contributed by atoms with Crippen molar-refractivity contribution in [3.05, 3.63) is 81.8 Å². The van der Waals surface area contributed by atoms with Gasteiger partial charge in [-0.1, -0.05) is 52.0 Å². The van der Waals surface area contributed by atoms with E-state index in [1.165, 1.54) is 0 Å². The van der Waals surface area contributed by atoms with Gasteiger partial charge < -0.3 is 56.7 Å². The average molecular weight is 756 g/mol. The van der Waals surface area contributed by atoms with E-state index in [0.717, 1.165) is 48.6 Å². The molecule has 0 saturated heterocycles. The number of amides is 2. The van der Waals surface area contributed by atoms with Crippen LogP contribution in [0.1, 0.15) is 64.5 Å². The molecule has 2 unspecified atom stereocenters. The fourth-order valence-electron chi connectivity index (χ4n) is 3.95. The Labute approximate surface area is 297 Å². The normalized spacial score (nSPS) is 11.8. The van der Waals surface area contributed by atoms with Gasteiger partial charge in [0.15, 0.2) is 0 Å². The summed E-state index contributed by atoms with van der Waals surface area (Å²) in [6.07, 6.45) is 2.75. The number of aliphatic hydroxyl groups is 2. The van der Waals surface area contributed by atoms with Gasteiger partial charge in [0.1, 0.15) is 30.8 Å². The predicted octanol–water partition coefficient (Wildman–Crippen LogP) is 5.94. The molecule has 0 aliphatic heterocycles. The molecule has 2 rings (SSSR count). The summed E-state index contributed by atoms with van der Waals surface area (Å²) in [5.74, 6) is 1.70. The number of rotatable bonds is 22. The van der Waals surface area contributed by atoms with E-state index in [2.05, 4.69) is 29.8 Å². The Morgan fingerprint density at radius 2 is 1.15 bits per heavy atom. The monoisotopic (exact) mass is 754 g/mol. The molecular weight excluding hydrogens is 700 g/mol. The van der Waals surface area contributed by atoms with Gasteiger partial charge in [-0.05, 0) is 79.8 Å². The number of carbonyl (C=O) groups excluding carboxylic acids is 2. The molecule has 48 heavy (non-hydrogen) atoms. The van der Waals surface area contributed by atoms with Crippen molar-refractivity contribution in [2.75, 3.05) is 45.9 Å². The molecule has 0 aliphatic carbocycles. The first-order valence-electron chi connectivity index (χ1n) is 16.4. The van der Waals surface area contributed by atoms with Gasteiger partial charge >= 0.3 is 22.4 Å². The molecule has 2 amide bonds. The van der Waals surface area contributed by atoms with Gasteiger partial charge in [-0.2, -0.15) is 13.1 Å². The Balaban J connectivity index is 0.000000875. The molecule has 2 aromatic carbocycles. The number of aryl methyl sites for hydroxylation is 2.